The summed E-state index contributed by atoms with van der Waals surface area (Å²) < 4.78 is 50.6. The number of pyridine rings is 1. The summed E-state index contributed by atoms with van der Waals surface area (Å²) in [7, 11) is 0. The van der Waals surface area contributed by atoms with Crippen molar-refractivity contribution in [1.29, 1.82) is 0 Å². The van der Waals surface area contributed by atoms with E-state index in [1.54, 1.807) is 30.3 Å². The van der Waals surface area contributed by atoms with E-state index in [1.165, 1.54) is 0 Å². The Kier molecular flexibility index (Phi) is 10.0. The molecule has 0 N–H and O–H groups in total. The minimum atomic E-state index is -4.60. The van der Waals surface area contributed by atoms with Gasteiger partial charge in [-0.25, -0.2) is 4.98 Å². The Bertz CT molecular complexity index is 1320. The van der Waals surface area contributed by atoms with Gasteiger partial charge >= 0.3 is 6.18 Å². The maximum atomic E-state index is 12.9. The number of hydrogen-bond acceptors (Lipinski definition) is 3. The average Bonchev–Trinajstić information content (AvgIpc) is 2.77. The molecule has 37 heavy (non-hydrogen) atoms. The van der Waals surface area contributed by atoms with Gasteiger partial charge in [0, 0.05) is 11.6 Å². The first-order valence-corrected chi connectivity index (χ1v) is 13.6. The molecular weight excluding hydrogens is 728 g/mol. The van der Waals surface area contributed by atoms with Crippen molar-refractivity contribution < 1.29 is 22.6 Å². The van der Waals surface area contributed by atoms with Crippen molar-refractivity contribution in [3.05, 3.63) is 87.8 Å². The highest BCUT2D eigenvalue weighted by molar-refractivity contribution is 9.28. The highest BCUT2D eigenvalue weighted by atomic mass is 79.9. The number of rotatable bonds is 7. The third kappa shape index (κ3) is 7.41. The van der Waals surface area contributed by atoms with Crippen LogP contribution in [0.1, 0.15) is 30.5 Å². The van der Waals surface area contributed by atoms with Gasteiger partial charge in [0.1, 0.15) is 11.6 Å². The van der Waals surface area contributed by atoms with E-state index in [1.807, 2.05) is 13.8 Å². The molecule has 198 valence electrons. The fraction of sp³-hybridized carbons (Fsp3) is 0.208. The summed E-state index contributed by atoms with van der Waals surface area (Å²) in [5.74, 6) is 0.0467. The van der Waals surface area contributed by atoms with E-state index in [4.69, 9.17) is 67.5 Å². The number of hydrogen-bond donors (Lipinski definition) is 0. The van der Waals surface area contributed by atoms with Crippen LogP contribution in [0, 0.1) is 0 Å². The van der Waals surface area contributed by atoms with Crippen LogP contribution >= 0.6 is 89.9 Å². The molecule has 0 bridgehead atoms. The molecular formula is C24H15Br2Cl5F3NO2. The van der Waals surface area contributed by atoms with Crippen LogP contribution in [0.5, 0.6) is 17.4 Å². The number of alkyl halides is 3. The fourth-order valence-electron chi connectivity index (χ4n) is 3.18. The molecule has 0 aliphatic rings. The average molecular weight is 743 g/mol. The first-order chi connectivity index (χ1) is 17.1. The minimum Gasteiger partial charge on any atom is -0.486 e. The Morgan fingerprint density at radius 1 is 0.811 bits per heavy atom. The van der Waals surface area contributed by atoms with Gasteiger partial charge in [-0.3, -0.25) is 0 Å². The number of halogens is 10. The van der Waals surface area contributed by atoms with Crippen LogP contribution < -0.4 is 9.47 Å². The van der Waals surface area contributed by atoms with E-state index in [0.717, 1.165) is 8.96 Å². The molecule has 0 spiro atoms. The lowest BCUT2D eigenvalue weighted by atomic mass is 9.78. The molecule has 0 amide bonds. The van der Waals surface area contributed by atoms with E-state index >= 15 is 0 Å². The highest BCUT2D eigenvalue weighted by Crippen LogP contribution is 2.45. The summed E-state index contributed by atoms with van der Waals surface area (Å²) in [6.07, 6.45) is -2.25. The monoisotopic (exact) mass is 739 g/mol. The molecule has 3 nitrogen and oxygen atoms in total. The van der Waals surface area contributed by atoms with E-state index in [2.05, 4.69) is 36.8 Å². The predicted octanol–water partition coefficient (Wildman–Crippen LogP) is 11.5. The standard InChI is InChI=1S/C24H15Br2Cl5F3NO2/c1-23(2,11-5-14(27)20(15(28)6-11)36-4-3-19(25)26)12-7-16(29)21(17(30)8-12)37-22-18(31)9-13(10-35-22)24(32,33)34/h3,5-10H,4H2,1-2H3. The quantitative estimate of drug-likeness (QED) is 0.242. The Labute approximate surface area is 253 Å². The Balaban J connectivity index is 1.92. The third-order valence-corrected chi connectivity index (χ3v) is 7.28. The smallest absolute Gasteiger partial charge is 0.417 e. The van der Waals surface area contributed by atoms with Crippen molar-refractivity contribution in [2.75, 3.05) is 6.61 Å². The Morgan fingerprint density at radius 2 is 1.27 bits per heavy atom. The van der Waals surface area contributed by atoms with Crippen LogP contribution in [0.2, 0.25) is 25.1 Å². The Morgan fingerprint density at radius 3 is 1.70 bits per heavy atom. The molecule has 0 unspecified atom stereocenters. The van der Waals surface area contributed by atoms with Gasteiger partial charge in [-0.1, -0.05) is 71.9 Å². The minimum absolute atomic E-state index is 0.0112. The van der Waals surface area contributed by atoms with Gasteiger partial charge in [-0.15, -0.1) is 0 Å². The summed E-state index contributed by atoms with van der Waals surface area (Å²) in [6, 6.07) is 7.40. The predicted molar refractivity (Wildman–Crippen MR) is 151 cm³/mol. The van der Waals surface area contributed by atoms with Crippen LogP contribution in [0.25, 0.3) is 0 Å². The summed E-state index contributed by atoms with van der Waals surface area (Å²) in [6.45, 7) is 4.06. The van der Waals surface area contributed by atoms with E-state index in [-0.39, 0.29) is 33.3 Å². The molecule has 3 rings (SSSR count). The fourth-order valence-corrected chi connectivity index (χ4v) is 4.81. The van der Waals surface area contributed by atoms with E-state index in [9.17, 15) is 13.2 Å². The van der Waals surface area contributed by atoms with Crippen molar-refractivity contribution in [1.82, 2.24) is 4.98 Å². The van der Waals surface area contributed by atoms with Crippen molar-refractivity contribution in [3.8, 4) is 17.4 Å². The second-order valence-corrected chi connectivity index (χ2v) is 12.9. The van der Waals surface area contributed by atoms with Crippen molar-refractivity contribution >= 4 is 89.9 Å². The molecule has 0 saturated heterocycles. The first-order valence-electron chi connectivity index (χ1n) is 10.1. The lowest BCUT2D eigenvalue weighted by Crippen LogP contribution is -2.19. The molecule has 3 aromatic rings. The van der Waals surface area contributed by atoms with Gasteiger partial charge in [-0.2, -0.15) is 13.2 Å². The van der Waals surface area contributed by atoms with Crippen LogP contribution in [-0.4, -0.2) is 11.6 Å². The van der Waals surface area contributed by atoms with Gasteiger partial charge in [-0.05, 0) is 79.4 Å². The zero-order valence-corrected chi connectivity index (χ0v) is 25.7. The van der Waals surface area contributed by atoms with E-state index < -0.39 is 17.2 Å². The van der Waals surface area contributed by atoms with Crippen molar-refractivity contribution in [2.45, 2.75) is 25.4 Å². The van der Waals surface area contributed by atoms with Gasteiger partial charge in [0.15, 0.2) is 11.5 Å². The molecule has 1 aromatic heterocycles. The molecule has 0 saturated carbocycles. The largest absolute Gasteiger partial charge is 0.486 e. The molecule has 0 aliphatic heterocycles. The molecule has 0 atom stereocenters. The van der Waals surface area contributed by atoms with Gasteiger partial charge in [0.2, 0.25) is 5.88 Å². The summed E-state index contributed by atoms with van der Waals surface area (Å²) in [5, 5.41) is 0.469. The topological polar surface area (TPSA) is 31.4 Å². The normalized spacial score (nSPS) is 11.9. The highest BCUT2D eigenvalue weighted by Gasteiger charge is 2.32. The summed E-state index contributed by atoms with van der Waals surface area (Å²) >= 11 is 38.3. The van der Waals surface area contributed by atoms with Crippen LogP contribution in [0.3, 0.4) is 0 Å². The maximum Gasteiger partial charge on any atom is 0.417 e. The Hall–Kier alpha value is -0.870. The number of ether oxygens (including phenoxy) is 2. The first kappa shape index (κ1) is 30.7. The molecule has 0 fully saturated rings. The zero-order valence-electron chi connectivity index (χ0n) is 18.8. The van der Waals surface area contributed by atoms with Gasteiger partial charge in [0.05, 0.1) is 29.0 Å². The zero-order chi connectivity index (χ0) is 27.7. The van der Waals surface area contributed by atoms with Gasteiger partial charge < -0.3 is 9.47 Å². The second-order valence-electron chi connectivity index (χ2n) is 8.08. The van der Waals surface area contributed by atoms with Crippen LogP contribution in [0.4, 0.5) is 13.2 Å². The van der Waals surface area contributed by atoms with Crippen molar-refractivity contribution in [2.24, 2.45) is 0 Å². The van der Waals surface area contributed by atoms with Gasteiger partial charge in [0.25, 0.3) is 0 Å². The third-order valence-electron chi connectivity index (χ3n) is 5.24. The lowest BCUT2D eigenvalue weighted by Gasteiger charge is -2.28. The summed E-state index contributed by atoms with van der Waals surface area (Å²) in [5.41, 5.74) is -0.255. The second kappa shape index (κ2) is 12.1. The SMILES string of the molecule is CC(C)(c1cc(Cl)c(OCC=C(Br)Br)c(Cl)c1)c1cc(Cl)c(Oc2ncc(C(F)(F)F)cc2Cl)c(Cl)c1. The molecule has 1 heterocycles. The van der Waals surface area contributed by atoms with Crippen LogP contribution in [-0.2, 0) is 11.6 Å². The molecule has 2 aromatic carbocycles. The molecule has 0 aliphatic carbocycles. The lowest BCUT2D eigenvalue weighted by molar-refractivity contribution is -0.137. The maximum absolute atomic E-state index is 12.9. The number of aromatic nitrogens is 1. The molecule has 13 heteroatoms. The van der Waals surface area contributed by atoms with E-state index in [0.29, 0.717) is 33.6 Å². The number of nitrogens with zero attached hydrogens (tertiary/aromatic N) is 1. The van der Waals surface area contributed by atoms with Crippen LogP contribution in [0.15, 0.2) is 46.0 Å². The number of benzene rings is 2. The van der Waals surface area contributed by atoms with Crippen molar-refractivity contribution in [3.63, 3.8) is 0 Å². The molecule has 0 radical (unpaired) electrons. The summed E-state index contributed by atoms with van der Waals surface area (Å²) in [4.78, 5) is 3.66.